The Morgan fingerprint density at radius 2 is 2.19 bits per heavy atom. The summed E-state index contributed by atoms with van der Waals surface area (Å²) in [5.74, 6) is 1.65. The van der Waals surface area contributed by atoms with Gasteiger partial charge in [0, 0.05) is 14.1 Å². The molecule has 2 unspecified atom stereocenters. The average Bonchev–Trinajstić information content (AvgIpc) is 2.47. The number of carbonyl (C=O) groups excluding carboxylic acids is 1. The van der Waals surface area contributed by atoms with Crippen LogP contribution in [-0.4, -0.2) is 44.6 Å². The van der Waals surface area contributed by atoms with Crippen LogP contribution in [0.5, 0.6) is 5.75 Å². The number of methoxy groups -OCH3 is 1. The SMILES string of the molecule is COc1ccc(C)cc1CC1CCNC(C(=O)N(C)C)C1. The third-order valence-electron chi connectivity index (χ3n) is 4.20. The van der Waals surface area contributed by atoms with Gasteiger partial charge in [0.05, 0.1) is 13.2 Å². The zero-order valence-electron chi connectivity index (χ0n) is 13.5. The van der Waals surface area contributed by atoms with E-state index in [0.29, 0.717) is 5.92 Å². The molecule has 1 saturated heterocycles. The molecule has 4 nitrogen and oxygen atoms in total. The lowest BCUT2D eigenvalue weighted by Crippen LogP contribution is -2.48. The van der Waals surface area contributed by atoms with Crippen LogP contribution >= 0.6 is 0 Å². The van der Waals surface area contributed by atoms with Gasteiger partial charge >= 0.3 is 0 Å². The minimum atomic E-state index is -0.0467. The van der Waals surface area contributed by atoms with Gasteiger partial charge in [-0.05, 0) is 50.3 Å². The van der Waals surface area contributed by atoms with Crippen molar-refractivity contribution in [3.63, 3.8) is 0 Å². The number of rotatable bonds is 4. The first-order chi connectivity index (χ1) is 10.0. The van der Waals surface area contributed by atoms with Crippen molar-refractivity contribution in [1.82, 2.24) is 10.2 Å². The number of likely N-dealkylation sites (N-methyl/N-ethyl adjacent to an activating group) is 1. The van der Waals surface area contributed by atoms with Gasteiger partial charge in [0.25, 0.3) is 0 Å². The molecule has 21 heavy (non-hydrogen) atoms. The fraction of sp³-hybridized carbons (Fsp3) is 0.588. The molecule has 1 N–H and O–H groups in total. The summed E-state index contributed by atoms with van der Waals surface area (Å²) in [5.41, 5.74) is 2.50. The molecule has 1 amide bonds. The first-order valence-electron chi connectivity index (χ1n) is 7.59. The molecule has 1 heterocycles. The van der Waals surface area contributed by atoms with E-state index >= 15 is 0 Å². The first-order valence-corrected chi connectivity index (χ1v) is 7.59. The fourth-order valence-electron chi connectivity index (χ4n) is 3.06. The summed E-state index contributed by atoms with van der Waals surface area (Å²) in [6, 6.07) is 6.26. The Labute approximate surface area is 127 Å². The Hall–Kier alpha value is -1.55. The number of amides is 1. The summed E-state index contributed by atoms with van der Waals surface area (Å²) in [7, 11) is 5.35. The number of ether oxygens (including phenoxy) is 1. The number of nitrogens with one attached hydrogen (secondary N) is 1. The van der Waals surface area contributed by atoms with Crippen LogP contribution in [0.2, 0.25) is 0 Å². The van der Waals surface area contributed by atoms with Crippen LogP contribution in [0.1, 0.15) is 24.0 Å². The monoisotopic (exact) mass is 290 g/mol. The third-order valence-corrected chi connectivity index (χ3v) is 4.20. The van der Waals surface area contributed by atoms with Gasteiger partial charge in [0.15, 0.2) is 0 Å². The molecular formula is C17H26N2O2. The molecule has 0 aromatic heterocycles. The molecule has 116 valence electrons. The molecule has 1 aliphatic rings. The van der Waals surface area contributed by atoms with Crippen molar-refractivity contribution < 1.29 is 9.53 Å². The average molecular weight is 290 g/mol. The van der Waals surface area contributed by atoms with Gasteiger partial charge in [-0.2, -0.15) is 0 Å². The molecule has 2 rings (SSSR count). The van der Waals surface area contributed by atoms with Crippen molar-refractivity contribution in [2.45, 2.75) is 32.2 Å². The molecule has 1 aliphatic heterocycles. The van der Waals surface area contributed by atoms with E-state index in [2.05, 4.69) is 24.4 Å². The predicted octanol–water partition coefficient (Wildman–Crippen LogP) is 2.00. The molecular weight excluding hydrogens is 264 g/mol. The van der Waals surface area contributed by atoms with Gasteiger partial charge in [0.1, 0.15) is 5.75 Å². The van der Waals surface area contributed by atoms with Crippen molar-refractivity contribution in [1.29, 1.82) is 0 Å². The lowest BCUT2D eigenvalue weighted by atomic mass is 9.86. The van der Waals surface area contributed by atoms with E-state index in [1.54, 1.807) is 12.0 Å². The van der Waals surface area contributed by atoms with E-state index in [4.69, 9.17) is 4.74 Å². The molecule has 0 bridgehead atoms. The molecule has 1 fully saturated rings. The summed E-state index contributed by atoms with van der Waals surface area (Å²) in [6.07, 6.45) is 2.98. The van der Waals surface area contributed by atoms with Crippen LogP contribution in [0.15, 0.2) is 18.2 Å². The van der Waals surface area contributed by atoms with Gasteiger partial charge in [-0.3, -0.25) is 4.79 Å². The van der Waals surface area contributed by atoms with Crippen molar-refractivity contribution in [3.8, 4) is 5.75 Å². The maximum atomic E-state index is 12.1. The zero-order valence-corrected chi connectivity index (χ0v) is 13.5. The smallest absolute Gasteiger partial charge is 0.239 e. The second kappa shape index (κ2) is 6.94. The molecule has 1 aromatic rings. The van der Waals surface area contributed by atoms with Gasteiger partial charge in [-0.1, -0.05) is 17.7 Å². The summed E-state index contributed by atoms with van der Waals surface area (Å²) >= 11 is 0. The Morgan fingerprint density at radius 3 is 2.86 bits per heavy atom. The molecule has 0 aliphatic carbocycles. The molecule has 2 atom stereocenters. The van der Waals surface area contributed by atoms with Gasteiger partial charge < -0.3 is 15.0 Å². The second-order valence-corrected chi connectivity index (χ2v) is 6.15. The van der Waals surface area contributed by atoms with Crippen LogP contribution in [0, 0.1) is 12.8 Å². The first kappa shape index (κ1) is 15.8. The van der Waals surface area contributed by atoms with Crippen LogP contribution in [0.4, 0.5) is 0 Å². The van der Waals surface area contributed by atoms with E-state index < -0.39 is 0 Å². The molecule has 0 saturated carbocycles. The number of piperidine rings is 1. The van der Waals surface area contributed by atoms with Crippen molar-refractivity contribution in [3.05, 3.63) is 29.3 Å². The summed E-state index contributed by atoms with van der Waals surface area (Å²) in [6.45, 7) is 3.01. The standard InChI is InChI=1S/C17H26N2O2/c1-12-5-6-16(21-4)14(9-12)10-13-7-8-18-15(11-13)17(20)19(2)3/h5-6,9,13,15,18H,7-8,10-11H2,1-4H3. The van der Waals surface area contributed by atoms with Crippen molar-refractivity contribution in [2.24, 2.45) is 5.92 Å². The van der Waals surface area contributed by atoms with Crippen LogP contribution in [0.25, 0.3) is 0 Å². The molecule has 4 heteroatoms. The Bertz CT molecular complexity index is 500. The van der Waals surface area contributed by atoms with Gasteiger partial charge in [0.2, 0.25) is 5.91 Å². The Kier molecular flexibility index (Phi) is 5.23. The molecule has 0 spiro atoms. The number of nitrogens with zero attached hydrogens (tertiary/aromatic N) is 1. The summed E-state index contributed by atoms with van der Waals surface area (Å²) in [5, 5.41) is 3.33. The van der Waals surface area contributed by atoms with E-state index in [1.165, 1.54) is 11.1 Å². The zero-order chi connectivity index (χ0) is 15.4. The van der Waals surface area contributed by atoms with Crippen molar-refractivity contribution >= 4 is 5.91 Å². The van der Waals surface area contributed by atoms with E-state index in [0.717, 1.165) is 31.6 Å². The minimum Gasteiger partial charge on any atom is -0.496 e. The quantitative estimate of drug-likeness (QED) is 0.922. The number of benzene rings is 1. The number of hydrogen-bond donors (Lipinski definition) is 1. The lowest BCUT2D eigenvalue weighted by molar-refractivity contribution is -0.131. The highest BCUT2D eigenvalue weighted by Gasteiger charge is 2.28. The lowest BCUT2D eigenvalue weighted by Gasteiger charge is -2.31. The van der Waals surface area contributed by atoms with Crippen LogP contribution < -0.4 is 10.1 Å². The number of aryl methyl sites for hydroxylation is 1. The van der Waals surface area contributed by atoms with Crippen LogP contribution in [0.3, 0.4) is 0 Å². The topological polar surface area (TPSA) is 41.6 Å². The fourth-order valence-corrected chi connectivity index (χ4v) is 3.06. The van der Waals surface area contributed by atoms with E-state index in [9.17, 15) is 4.79 Å². The van der Waals surface area contributed by atoms with Crippen molar-refractivity contribution in [2.75, 3.05) is 27.7 Å². The predicted molar refractivity (Wildman–Crippen MR) is 84.6 cm³/mol. The largest absolute Gasteiger partial charge is 0.496 e. The number of hydrogen-bond acceptors (Lipinski definition) is 3. The normalized spacial score (nSPS) is 21.9. The van der Waals surface area contributed by atoms with Crippen LogP contribution in [-0.2, 0) is 11.2 Å². The van der Waals surface area contributed by atoms with Gasteiger partial charge in [-0.15, -0.1) is 0 Å². The summed E-state index contributed by atoms with van der Waals surface area (Å²) < 4.78 is 5.46. The second-order valence-electron chi connectivity index (χ2n) is 6.15. The van der Waals surface area contributed by atoms with E-state index in [1.807, 2.05) is 20.2 Å². The maximum absolute atomic E-state index is 12.1. The summed E-state index contributed by atoms with van der Waals surface area (Å²) in [4.78, 5) is 13.8. The maximum Gasteiger partial charge on any atom is 0.239 e. The molecule has 1 aromatic carbocycles. The number of carbonyl (C=O) groups is 1. The Balaban J connectivity index is 2.06. The van der Waals surface area contributed by atoms with Gasteiger partial charge in [-0.25, -0.2) is 0 Å². The Morgan fingerprint density at radius 1 is 1.43 bits per heavy atom. The highest BCUT2D eigenvalue weighted by Crippen LogP contribution is 2.27. The molecule has 0 radical (unpaired) electrons. The highest BCUT2D eigenvalue weighted by atomic mass is 16.5. The third kappa shape index (κ3) is 3.97. The van der Waals surface area contributed by atoms with E-state index in [-0.39, 0.29) is 11.9 Å². The minimum absolute atomic E-state index is 0.0467. The highest BCUT2D eigenvalue weighted by molar-refractivity contribution is 5.81.